The third kappa shape index (κ3) is 6.74. The van der Waals surface area contributed by atoms with E-state index in [0.29, 0.717) is 13.0 Å². The number of carbonyl (C=O) groups excluding carboxylic acids is 2. The van der Waals surface area contributed by atoms with Crippen LogP contribution in [0.5, 0.6) is 0 Å². The number of rotatable bonds is 11. The van der Waals surface area contributed by atoms with Crippen LogP contribution in [0.15, 0.2) is 83.8 Å². The molecule has 3 aromatic rings. The molecule has 0 aliphatic rings. The van der Waals surface area contributed by atoms with Gasteiger partial charge in [0.15, 0.2) is 0 Å². The van der Waals surface area contributed by atoms with Crippen LogP contribution in [-0.4, -0.2) is 44.3 Å². The number of hydrogen-bond donors (Lipinski definition) is 1. The smallest absolute Gasteiger partial charge is 0.264 e. The second kappa shape index (κ2) is 12.5. The Bertz CT molecular complexity index is 1310. The number of anilines is 1. The molecule has 3 rings (SSSR count). The quantitative estimate of drug-likeness (QED) is 0.405. The number of sulfonamides is 1. The van der Waals surface area contributed by atoms with Gasteiger partial charge in [0.05, 0.1) is 10.6 Å². The summed E-state index contributed by atoms with van der Waals surface area (Å²) in [7, 11) is -4.30. The van der Waals surface area contributed by atoms with Crippen LogP contribution >= 0.6 is 0 Å². The molecular formula is C28H32FN3O4S. The van der Waals surface area contributed by atoms with Crippen molar-refractivity contribution >= 4 is 27.5 Å². The minimum Gasteiger partial charge on any atom is -0.355 e. The van der Waals surface area contributed by atoms with Gasteiger partial charge in [-0.2, -0.15) is 0 Å². The molecule has 0 saturated heterocycles. The minimum absolute atomic E-state index is 0.0769. The number of aryl methyl sites for hydroxylation is 1. The Morgan fingerprint density at radius 1 is 0.919 bits per heavy atom. The molecule has 1 unspecified atom stereocenters. The van der Waals surface area contributed by atoms with Gasteiger partial charge >= 0.3 is 0 Å². The van der Waals surface area contributed by atoms with Crippen LogP contribution in [0.4, 0.5) is 10.1 Å². The van der Waals surface area contributed by atoms with Crippen LogP contribution in [0.3, 0.4) is 0 Å². The first kappa shape index (κ1) is 27.9. The van der Waals surface area contributed by atoms with Crippen molar-refractivity contribution in [2.24, 2.45) is 0 Å². The maximum Gasteiger partial charge on any atom is 0.264 e. The molecule has 1 N–H and O–H groups in total. The number of nitrogens with one attached hydrogen (secondary N) is 1. The molecule has 7 nitrogen and oxygen atoms in total. The Morgan fingerprint density at radius 2 is 1.54 bits per heavy atom. The lowest BCUT2D eigenvalue weighted by atomic mass is 10.1. The number of hydrogen-bond acceptors (Lipinski definition) is 4. The van der Waals surface area contributed by atoms with Crippen molar-refractivity contribution < 1.29 is 22.4 Å². The van der Waals surface area contributed by atoms with Gasteiger partial charge in [-0.15, -0.1) is 0 Å². The molecule has 0 fully saturated rings. The maximum absolute atomic E-state index is 14.9. The molecule has 0 radical (unpaired) electrons. The number of amides is 2. The van der Waals surface area contributed by atoms with Crippen LogP contribution in [0.1, 0.15) is 31.4 Å². The van der Waals surface area contributed by atoms with Gasteiger partial charge < -0.3 is 10.2 Å². The highest BCUT2D eigenvalue weighted by atomic mass is 32.2. The van der Waals surface area contributed by atoms with E-state index in [1.807, 2.05) is 31.2 Å². The van der Waals surface area contributed by atoms with Crippen molar-refractivity contribution in [2.45, 2.75) is 44.7 Å². The van der Waals surface area contributed by atoms with E-state index in [0.717, 1.165) is 21.5 Å². The first-order chi connectivity index (χ1) is 17.7. The monoisotopic (exact) mass is 525 g/mol. The predicted molar refractivity (Wildman–Crippen MR) is 142 cm³/mol. The maximum atomic E-state index is 14.9. The van der Waals surface area contributed by atoms with E-state index in [1.54, 1.807) is 32.0 Å². The molecule has 0 aromatic heterocycles. The molecule has 9 heteroatoms. The van der Waals surface area contributed by atoms with Gasteiger partial charge in [0.1, 0.15) is 18.4 Å². The van der Waals surface area contributed by atoms with Crippen molar-refractivity contribution in [1.82, 2.24) is 10.2 Å². The fourth-order valence-electron chi connectivity index (χ4n) is 3.99. The molecule has 37 heavy (non-hydrogen) atoms. The van der Waals surface area contributed by atoms with Gasteiger partial charge in [-0.05, 0) is 50.1 Å². The fourth-order valence-corrected chi connectivity index (χ4v) is 5.43. The van der Waals surface area contributed by atoms with E-state index >= 15 is 0 Å². The third-order valence-corrected chi connectivity index (χ3v) is 7.72. The molecule has 1 atom stereocenters. The highest BCUT2D eigenvalue weighted by Crippen LogP contribution is 2.27. The summed E-state index contributed by atoms with van der Waals surface area (Å²) >= 11 is 0. The zero-order valence-electron chi connectivity index (χ0n) is 21.2. The molecule has 0 aliphatic carbocycles. The average molecular weight is 526 g/mol. The molecular weight excluding hydrogens is 493 g/mol. The van der Waals surface area contributed by atoms with Gasteiger partial charge in [0.2, 0.25) is 11.8 Å². The Kier molecular flexibility index (Phi) is 9.41. The van der Waals surface area contributed by atoms with Crippen molar-refractivity contribution in [3.8, 4) is 0 Å². The molecule has 0 saturated carbocycles. The summed E-state index contributed by atoms with van der Waals surface area (Å²) in [5, 5.41) is 2.75. The van der Waals surface area contributed by atoms with Gasteiger partial charge in [-0.1, -0.05) is 67.1 Å². The first-order valence-corrected chi connectivity index (χ1v) is 13.6. The summed E-state index contributed by atoms with van der Waals surface area (Å²) in [6.45, 7) is 5.29. The normalized spacial score (nSPS) is 12.0. The van der Waals surface area contributed by atoms with Crippen LogP contribution in [0, 0.1) is 12.7 Å². The summed E-state index contributed by atoms with van der Waals surface area (Å²) in [6, 6.07) is 19.6. The van der Waals surface area contributed by atoms with Gasteiger partial charge in [0, 0.05) is 13.1 Å². The summed E-state index contributed by atoms with van der Waals surface area (Å²) < 4.78 is 42.9. The summed E-state index contributed by atoms with van der Waals surface area (Å²) in [4.78, 5) is 28.0. The Hall–Kier alpha value is -3.72. The minimum atomic E-state index is -4.30. The zero-order chi connectivity index (χ0) is 27.0. The van der Waals surface area contributed by atoms with E-state index in [9.17, 15) is 22.4 Å². The summed E-state index contributed by atoms with van der Waals surface area (Å²) in [6.07, 6.45) is 0.314. The van der Waals surface area contributed by atoms with Crippen molar-refractivity contribution in [2.75, 3.05) is 17.4 Å². The fraction of sp³-hybridized carbons (Fsp3) is 0.286. The number of nitrogens with zero attached hydrogens (tertiary/aromatic N) is 2. The zero-order valence-corrected chi connectivity index (χ0v) is 22.0. The Labute approximate surface area is 218 Å². The number of carbonyl (C=O) groups is 2. The second-order valence-corrected chi connectivity index (χ2v) is 10.5. The molecule has 0 aliphatic heterocycles. The number of para-hydroxylation sites is 1. The topological polar surface area (TPSA) is 86.8 Å². The first-order valence-electron chi connectivity index (χ1n) is 12.1. The lowest BCUT2D eigenvalue weighted by molar-refractivity contribution is -0.140. The largest absolute Gasteiger partial charge is 0.355 e. The van der Waals surface area contributed by atoms with Gasteiger partial charge in [-0.25, -0.2) is 12.8 Å². The van der Waals surface area contributed by atoms with Gasteiger partial charge in [0.25, 0.3) is 10.0 Å². The Morgan fingerprint density at radius 3 is 2.14 bits per heavy atom. The molecule has 0 bridgehead atoms. The standard InChI is InChI=1S/C28H32FN3O4S/c1-4-25(28(34)30-5-2)31(19-22-17-15-21(3)16-18-22)27(33)20-32(26-14-10-9-13-24(26)29)37(35,36)23-11-7-6-8-12-23/h6-18,25H,4-5,19-20H2,1-3H3,(H,30,34). The molecule has 196 valence electrons. The van der Waals surface area contributed by atoms with Crippen LogP contribution < -0.4 is 9.62 Å². The summed E-state index contributed by atoms with van der Waals surface area (Å²) in [5.74, 6) is -1.74. The molecule has 0 spiro atoms. The number of benzene rings is 3. The van der Waals surface area contributed by atoms with Gasteiger partial charge in [-0.3, -0.25) is 13.9 Å². The van der Waals surface area contributed by atoms with Crippen molar-refractivity contribution in [3.05, 3.63) is 95.8 Å². The van der Waals surface area contributed by atoms with E-state index in [1.165, 1.54) is 35.2 Å². The van der Waals surface area contributed by atoms with Crippen molar-refractivity contribution in [3.63, 3.8) is 0 Å². The number of halogens is 1. The van der Waals surface area contributed by atoms with Crippen molar-refractivity contribution in [1.29, 1.82) is 0 Å². The summed E-state index contributed by atoms with van der Waals surface area (Å²) in [5.41, 5.74) is 1.57. The van der Waals surface area contributed by atoms with Crippen LogP contribution in [0.2, 0.25) is 0 Å². The molecule has 3 aromatic carbocycles. The molecule has 2 amide bonds. The Balaban J connectivity index is 2.05. The average Bonchev–Trinajstić information content (AvgIpc) is 2.89. The van der Waals surface area contributed by atoms with Crippen LogP contribution in [0.25, 0.3) is 0 Å². The van der Waals surface area contributed by atoms with Crippen LogP contribution in [-0.2, 0) is 26.2 Å². The second-order valence-electron chi connectivity index (χ2n) is 8.60. The lowest BCUT2D eigenvalue weighted by Gasteiger charge is -2.33. The third-order valence-electron chi connectivity index (χ3n) is 5.94. The number of likely N-dealkylation sites (N-methyl/N-ethyl adjacent to an activating group) is 1. The van der Waals surface area contributed by atoms with E-state index in [-0.39, 0.29) is 23.0 Å². The SMILES string of the molecule is CCNC(=O)C(CC)N(Cc1ccc(C)cc1)C(=O)CN(c1ccccc1F)S(=O)(=O)c1ccccc1. The highest BCUT2D eigenvalue weighted by Gasteiger charge is 2.34. The van der Waals surface area contributed by atoms with E-state index < -0.39 is 34.3 Å². The lowest BCUT2D eigenvalue weighted by Crippen LogP contribution is -2.52. The predicted octanol–water partition coefficient (Wildman–Crippen LogP) is 4.27. The van der Waals surface area contributed by atoms with E-state index in [4.69, 9.17) is 0 Å². The highest BCUT2D eigenvalue weighted by molar-refractivity contribution is 7.92. The van der Waals surface area contributed by atoms with E-state index in [2.05, 4.69) is 5.32 Å². The molecule has 0 heterocycles.